The van der Waals surface area contributed by atoms with Crippen LogP contribution in [0.4, 0.5) is 0 Å². The first-order chi connectivity index (χ1) is 9.58. The van der Waals surface area contributed by atoms with E-state index in [9.17, 15) is 9.90 Å². The molecule has 1 aliphatic carbocycles. The summed E-state index contributed by atoms with van der Waals surface area (Å²) in [6.07, 6.45) is 3.03. The van der Waals surface area contributed by atoms with E-state index in [1.165, 1.54) is 0 Å². The monoisotopic (exact) mass is 276 g/mol. The number of amides is 1. The van der Waals surface area contributed by atoms with Crippen molar-refractivity contribution in [3.05, 3.63) is 35.4 Å². The van der Waals surface area contributed by atoms with Gasteiger partial charge in [0.15, 0.2) is 0 Å². The number of nitrogens with one attached hydrogen (secondary N) is 1. The number of aliphatic hydroxyl groups is 1. The van der Waals surface area contributed by atoms with Crippen LogP contribution in [-0.4, -0.2) is 23.6 Å². The molecule has 3 atom stereocenters. The first-order valence-electron chi connectivity index (χ1n) is 7.35. The van der Waals surface area contributed by atoms with E-state index < -0.39 is 6.10 Å². The average Bonchev–Trinajstić information content (AvgIpc) is 2.45. The molecular formula is C16H24N2O2. The van der Waals surface area contributed by atoms with Crippen molar-refractivity contribution < 1.29 is 9.90 Å². The number of rotatable bonds is 4. The summed E-state index contributed by atoms with van der Waals surface area (Å²) >= 11 is 0. The van der Waals surface area contributed by atoms with Crippen LogP contribution in [0.1, 0.15) is 42.9 Å². The summed E-state index contributed by atoms with van der Waals surface area (Å²) in [4.78, 5) is 12.1. The fourth-order valence-corrected chi connectivity index (χ4v) is 2.88. The number of benzene rings is 1. The smallest absolute Gasteiger partial charge is 0.223 e. The van der Waals surface area contributed by atoms with Crippen molar-refractivity contribution in [2.75, 3.05) is 6.54 Å². The lowest BCUT2D eigenvalue weighted by molar-refractivity contribution is -0.126. The van der Waals surface area contributed by atoms with Crippen LogP contribution in [0.5, 0.6) is 0 Å². The standard InChI is InChI=1S/C16H24N2O2/c1-11-5-2-3-8-14(11)15(19)10-18-16(20)12-6-4-7-13(17)9-12/h2-3,5,8,12-13,15,19H,4,6-7,9-10,17H2,1H3,(H,18,20)/t12-,13+,15+/m0/s1. The fourth-order valence-electron chi connectivity index (χ4n) is 2.88. The van der Waals surface area contributed by atoms with Crippen molar-refractivity contribution in [2.45, 2.75) is 44.8 Å². The molecule has 4 N–H and O–H groups in total. The molecule has 1 fully saturated rings. The summed E-state index contributed by atoms with van der Waals surface area (Å²) in [6.45, 7) is 2.22. The zero-order valence-electron chi connectivity index (χ0n) is 12.0. The van der Waals surface area contributed by atoms with Gasteiger partial charge in [0, 0.05) is 18.5 Å². The first-order valence-corrected chi connectivity index (χ1v) is 7.35. The Morgan fingerprint density at radius 2 is 2.20 bits per heavy atom. The van der Waals surface area contributed by atoms with Gasteiger partial charge in [0.05, 0.1) is 6.10 Å². The van der Waals surface area contributed by atoms with E-state index in [2.05, 4.69) is 5.32 Å². The third-order valence-electron chi connectivity index (χ3n) is 4.10. The van der Waals surface area contributed by atoms with Crippen molar-refractivity contribution in [1.82, 2.24) is 5.32 Å². The maximum absolute atomic E-state index is 12.1. The minimum Gasteiger partial charge on any atom is -0.387 e. The average molecular weight is 276 g/mol. The lowest BCUT2D eigenvalue weighted by atomic mass is 9.85. The predicted octanol–water partition coefficient (Wildman–Crippen LogP) is 1.66. The number of aryl methyl sites for hydroxylation is 1. The minimum absolute atomic E-state index is 0.00261. The normalized spacial score (nSPS) is 24.1. The summed E-state index contributed by atoms with van der Waals surface area (Å²) in [6, 6.07) is 7.82. The number of carbonyl (C=O) groups excluding carboxylic acids is 1. The van der Waals surface area contributed by atoms with Gasteiger partial charge in [-0.05, 0) is 37.3 Å². The summed E-state index contributed by atoms with van der Waals surface area (Å²) in [7, 11) is 0. The van der Waals surface area contributed by atoms with Gasteiger partial charge in [-0.15, -0.1) is 0 Å². The van der Waals surface area contributed by atoms with Gasteiger partial charge in [-0.2, -0.15) is 0 Å². The second-order valence-corrected chi connectivity index (χ2v) is 5.74. The van der Waals surface area contributed by atoms with E-state index in [0.717, 1.165) is 36.8 Å². The molecule has 1 aliphatic rings. The predicted molar refractivity (Wildman–Crippen MR) is 79.1 cm³/mol. The van der Waals surface area contributed by atoms with Gasteiger partial charge in [0.1, 0.15) is 0 Å². The van der Waals surface area contributed by atoms with Gasteiger partial charge < -0.3 is 16.2 Å². The zero-order valence-corrected chi connectivity index (χ0v) is 12.0. The maximum Gasteiger partial charge on any atom is 0.223 e. The van der Waals surface area contributed by atoms with Crippen LogP contribution in [0.25, 0.3) is 0 Å². The van der Waals surface area contributed by atoms with Crippen LogP contribution in [0, 0.1) is 12.8 Å². The molecule has 0 spiro atoms. The summed E-state index contributed by atoms with van der Waals surface area (Å²) in [5.41, 5.74) is 7.81. The topological polar surface area (TPSA) is 75.3 Å². The van der Waals surface area contributed by atoms with Gasteiger partial charge in [-0.1, -0.05) is 30.7 Å². The Balaban J connectivity index is 1.85. The number of nitrogens with two attached hydrogens (primary N) is 1. The van der Waals surface area contributed by atoms with Crippen molar-refractivity contribution in [2.24, 2.45) is 11.7 Å². The van der Waals surface area contributed by atoms with Gasteiger partial charge in [-0.25, -0.2) is 0 Å². The van der Waals surface area contributed by atoms with E-state index in [0.29, 0.717) is 0 Å². The van der Waals surface area contributed by atoms with Crippen molar-refractivity contribution in [1.29, 1.82) is 0 Å². The number of hydrogen-bond acceptors (Lipinski definition) is 3. The van der Waals surface area contributed by atoms with Gasteiger partial charge in [0.2, 0.25) is 5.91 Å². The number of aliphatic hydroxyl groups excluding tert-OH is 1. The molecule has 0 aromatic heterocycles. The Kier molecular flexibility index (Phi) is 5.15. The molecule has 0 bridgehead atoms. The molecule has 0 saturated heterocycles. The van der Waals surface area contributed by atoms with Gasteiger partial charge in [0.25, 0.3) is 0 Å². The van der Waals surface area contributed by atoms with E-state index in [1.54, 1.807) is 0 Å². The largest absolute Gasteiger partial charge is 0.387 e. The molecule has 2 rings (SSSR count). The van der Waals surface area contributed by atoms with Crippen LogP contribution in [0.3, 0.4) is 0 Å². The Bertz CT molecular complexity index is 462. The highest BCUT2D eigenvalue weighted by molar-refractivity contribution is 5.78. The Morgan fingerprint density at radius 3 is 2.90 bits per heavy atom. The lowest BCUT2D eigenvalue weighted by Crippen LogP contribution is -2.39. The molecule has 1 aromatic rings. The fraction of sp³-hybridized carbons (Fsp3) is 0.562. The van der Waals surface area contributed by atoms with Crippen LogP contribution in [0.15, 0.2) is 24.3 Å². The SMILES string of the molecule is Cc1ccccc1[C@H](O)CNC(=O)[C@H]1CCC[C@@H](N)C1. The molecule has 1 aromatic carbocycles. The van der Waals surface area contributed by atoms with Crippen molar-refractivity contribution >= 4 is 5.91 Å². The Labute approximate surface area is 120 Å². The second kappa shape index (κ2) is 6.86. The Morgan fingerprint density at radius 1 is 1.45 bits per heavy atom. The van der Waals surface area contributed by atoms with Crippen molar-refractivity contribution in [3.8, 4) is 0 Å². The summed E-state index contributed by atoms with van der Waals surface area (Å²) in [5.74, 6) is 0.0237. The molecule has 1 saturated carbocycles. The van der Waals surface area contributed by atoms with Crippen molar-refractivity contribution in [3.63, 3.8) is 0 Å². The molecule has 0 radical (unpaired) electrons. The van der Waals surface area contributed by atoms with Crippen LogP contribution >= 0.6 is 0 Å². The molecule has 4 heteroatoms. The molecule has 110 valence electrons. The molecule has 20 heavy (non-hydrogen) atoms. The quantitative estimate of drug-likeness (QED) is 0.783. The molecule has 0 aliphatic heterocycles. The summed E-state index contributed by atoms with van der Waals surface area (Å²) in [5, 5.41) is 13.0. The first kappa shape index (κ1) is 15.0. The van der Waals surface area contributed by atoms with Crippen LogP contribution in [0.2, 0.25) is 0 Å². The molecule has 1 amide bonds. The highest BCUT2D eigenvalue weighted by Gasteiger charge is 2.25. The van der Waals surface area contributed by atoms with Gasteiger partial charge in [-0.3, -0.25) is 4.79 Å². The second-order valence-electron chi connectivity index (χ2n) is 5.74. The van der Waals surface area contributed by atoms with Crippen LogP contribution < -0.4 is 11.1 Å². The van der Waals surface area contributed by atoms with Gasteiger partial charge >= 0.3 is 0 Å². The highest BCUT2D eigenvalue weighted by Crippen LogP contribution is 2.23. The molecule has 0 unspecified atom stereocenters. The summed E-state index contributed by atoms with van der Waals surface area (Å²) < 4.78 is 0. The zero-order chi connectivity index (χ0) is 14.5. The van der Waals surface area contributed by atoms with E-state index in [1.807, 2.05) is 31.2 Å². The number of carbonyl (C=O) groups is 1. The maximum atomic E-state index is 12.1. The highest BCUT2D eigenvalue weighted by atomic mass is 16.3. The number of hydrogen-bond donors (Lipinski definition) is 3. The van der Waals surface area contributed by atoms with E-state index in [4.69, 9.17) is 5.73 Å². The lowest BCUT2D eigenvalue weighted by Gasteiger charge is -2.26. The third-order valence-corrected chi connectivity index (χ3v) is 4.10. The molecule has 4 nitrogen and oxygen atoms in total. The van der Waals surface area contributed by atoms with E-state index in [-0.39, 0.29) is 24.4 Å². The van der Waals surface area contributed by atoms with E-state index >= 15 is 0 Å². The third kappa shape index (κ3) is 3.81. The van der Waals surface area contributed by atoms with Crippen LogP contribution in [-0.2, 0) is 4.79 Å². The molecular weight excluding hydrogens is 252 g/mol. The Hall–Kier alpha value is -1.39. The minimum atomic E-state index is -0.655. The molecule has 0 heterocycles.